The van der Waals surface area contributed by atoms with Crippen LogP contribution in [0.25, 0.3) is 0 Å². The lowest BCUT2D eigenvalue weighted by Gasteiger charge is -2.14. The molecule has 3 rings (SSSR count). The molecule has 2 N–H and O–H groups in total. The Morgan fingerprint density at radius 2 is 1.92 bits per heavy atom. The molecular weight excluding hydrogens is 355 g/mol. The Morgan fingerprint density at radius 1 is 1.19 bits per heavy atom. The van der Waals surface area contributed by atoms with Crippen molar-refractivity contribution in [3.8, 4) is 0 Å². The van der Waals surface area contributed by atoms with Crippen LogP contribution in [0.15, 0.2) is 47.4 Å². The zero-order valence-electron chi connectivity index (χ0n) is 14.6. The van der Waals surface area contributed by atoms with Crippen molar-refractivity contribution in [1.82, 2.24) is 4.72 Å². The van der Waals surface area contributed by atoms with E-state index in [1.165, 1.54) is 42.5 Å². The van der Waals surface area contributed by atoms with Crippen molar-refractivity contribution >= 4 is 21.6 Å². The molecule has 7 heteroatoms. The van der Waals surface area contributed by atoms with Gasteiger partial charge in [-0.1, -0.05) is 6.07 Å². The SMILES string of the molecule is Cc1cc(NC(=O)c2cccc(S(=O)(=O)N[C@H](C)C3CC3)c2)ccc1F. The topological polar surface area (TPSA) is 75.3 Å². The van der Waals surface area contributed by atoms with E-state index in [1.807, 2.05) is 6.92 Å². The predicted molar refractivity (Wildman–Crippen MR) is 98.0 cm³/mol. The van der Waals surface area contributed by atoms with Gasteiger partial charge < -0.3 is 5.32 Å². The molecule has 0 bridgehead atoms. The molecule has 0 unspecified atom stereocenters. The van der Waals surface area contributed by atoms with Crippen LogP contribution in [0.1, 0.15) is 35.7 Å². The highest BCUT2D eigenvalue weighted by Crippen LogP contribution is 2.33. The van der Waals surface area contributed by atoms with Gasteiger partial charge in [0.15, 0.2) is 0 Å². The average molecular weight is 376 g/mol. The fraction of sp³-hybridized carbons (Fsp3) is 0.316. The molecule has 0 spiro atoms. The molecule has 0 aliphatic heterocycles. The van der Waals surface area contributed by atoms with Gasteiger partial charge in [-0.15, -0.1) is 0 Å². The third kappa shape index (κ3) is 4.28. The minimum atomic E-state index is -3.69. The molecule has 0 saturated heterocycles. The van der Waals surface area contributed by atoms with Gasteiger partial charge in [0.2, 0.25) is 10.0 Å². The predicted octanol–water partition coefficient (Wildman–Crippen LogP) is 3.46. The van der Waals surface area contributed by atoms with E-state index < -0.39 is 15.9 Å². The molecule has 1 aliphatic carbocycles. The summed E-state index contributed by atoms with van der Waals surface area (Å²) in [7, 11) is -3.69. The van der Waals surface area contributed by atoms with Gasteiger partial charge in [0.05, 0.1) is 4.90 Å². The Morgan fingerprint density at radius 3 is 2.58 bits per heavy atom. The fourth-order valence-electron chi connectivity index (χ4n) is 2.74. The minimum absolute atomic E-state index is 0.0490. The zero-order chi connectivity index (χ0) is 18.9. The van der Waals surface area contributed by atoms with E-state index in [1.54, 1.807) is 6.92 Å². The van der Waals surface area contributed by atoms with Crippen LogP contribution in [-0.4, -0.2) is 20.4 Å². The summed E-state index contributed by atoms with van der Waals surface area (Å²) >= 11 is 0. The summed E-state index contributed by atoms with van der Waals surface area (Å²) < 4.78 is 41.0. The zero-order valence-corrected chi connectivity index (χ0v) is 15.4. The van der Waals surface area contributed by atoms with E-state index in [2.05, 4.69) is 10.0 Å². The summed E-state index contributed by atoms with van der Waals surface area (Å²) in [5.41, 5.74) is 1.08. The van der Waals surface area contributed by atoms with Crippen molar-refractivity contribution in [1.29, 1.82) is 0 Å². The maximum absolute atomic E-state index is 13.3. The number of halogens is 1. The number of carbonyl (C=O) groups is 1. The second-order valence-corrected chi connectivity index (χ2v) is 8.41. The van der Waals surface area contributed by atoms with Crippen LogP contribution in [-0.2, 0) is 10.0 Å². The molecule has 0 radical (unpaired) electrons. The highest BCUT2D eigenvalue weighted by Gasteiger charge is 2.31. The number of aryl methyl sites for hydroxylation is 1. The number of nitrogens with one attached hydrogen (secondary N) is 2. The first-order valence-electron chi connectivity index (χ1n) is 8.46. The van der Waals surface area contributed by atoms with E-state index in [9.17, 15) is 17.6 Å². The standard InChI is InChI=1S/C19H21FN2O3S/c1-12-10-16(8-9-18(12)20)21-19(23)15-4-3-5-17(11-15)26(24,25)22-13(2)14-6-7-14/h3-5,8-11,13-14,22H,6-7H2,1-2H3,(H,21,23)/t13-/m1/s1. The molecular formula is C19H21FN2O3S. The Labute approximate surface area is 152 Å². The van der Waals surface area contributed by atoms with Crippen molar-refractivity contribution in [2.75, 3.05) is 5.32 Å². The summed E-state index contributed by atoms with van der Waals surface area (Å²) in [4.78, 5) is 12.5. The number of amides is 1. The van der Waals surface area contributed by atoms with Crippen molar-refractivity contribution in [2.45, 2.75) is 37.6 Å². The molecule has 1 aliphatic rings. The molecule has 0 aromatic heterocycles. The van der Waals surface area contributed by atoms with Gasteiger partial charge in [0, 0.05) is 17.3 Å². The number of sulfonamides is 1. The van der Waals surface area contributed by atoms with Gasteiger partial charge in [0.1, 0.15) is 5.82 Å². The first-order valence-corrected chi connectivity index (χ1v) is 9.94. The lowest BCUT2D eigenvalue weighted by atomic mass is 10.2. The molecule has 138 valence electrons. The van der Waals surface area contributed by atoms with E-state index >= 15 is 0 Å². The average Bonchev–Trinajstić information content (AvgIpc) is 3.43. The van der Waals surface area contributed by atoms with Crippen LogP contribution < -0.4 is 10.0 Å². The third-order valence-electron chi connectivity index (χ3n) is 4.49. The summed E-state index contributed by atoms with van der Waals surface area (Å²) in [6.45, 7) is 3.45. The molecule has 1 atom stereocenters. The van der Waals surface area contributed by atoms with Gasteiger partial charge in [0.25, 0.3) is 5.91 Å². The first kappa shape index (κ1) is 18.5. The van der Waals surface area contributed by atoms with Crippen LogP contribution in [0.5, 0.6) is 0 Å². The fourth-order valence-corrected chi connectivity index (χ4v) is 4.09. The van der Waals surface area contributed by atoms with Crippen molar-refractivity contribution in [3.63, 3.8) is 0 Å². The smallest absolute Gasteiger partial charge is 0.255 e. The number of carbonyl (C=O) groups excluding carboxylic acids is 1. The van der Waals surface area contributed by atoms with E-state index in [0.717, 1.165) is 12.8 Å². The lowest BCUT2D eigenvalue weighted by molar-refractivity contribution is 0.102. The van der Waals surface area contributed by atoms with Gasteiger partial charge in [-0.05, 0) is 74.6 Å². The van der Waals surface area contributed by atoms with Gasteiger partial charge in [-0.25, -0.2) is 17.5 Å². The van der Waals surface area contributed by atoms with Crippen LogP contribution >= 0.6 is 0 Å². The van der Waals surface area contributed by atoms with Gasteiger partial charge in [-0.3, -0.25) is 4.79 Å². The maximum Gasteiger partial charge on any atom is 0.255 e. The Hall–Kier alpha value is -2.25. The van der Waals surface area contributed by atoms with Gasteiger partial charge in [-0.2, -0.15) is 0 Å². The number of hydrogen-bond donors (Lipinski definition) is 2. The van der Waals surface area contributed by atoms with Gasteiger partial charge >= 0.3 is 0 Å². The third-order valence-corrected chi connectivity index (χ3v) is 6.05. The second-order valence-electron chi connectivity index (χ2n) is 6.69. The quantitative estimate of drug-likeness (QED) is 0.811. The molecule has 26 heavy (non-hydrogen) atoms. The molecule has 2 aromatic rings. The summed E-state index contributed by atoms with van der Waals surface area (Å²) in [6, 6.07) is 9.99. The van der Waals surface area contributed by atoms with Crippen LogP contribution in [0, 0.1) is 18.7 Å². The molecule has 1 amide bonds. The summed E-state index contributed by atoms with van der Waals surface area (Å²) in [5, 5.41) is 2.65. The summed E-state index contributed by atoms with van der Waals surface area (Å²) in [5.74, 6) is -0.423. The van der Waals surface area contributed by atoms with Crippen LogP contribution in [0.3, 0.4) is 0 Å². The number of benzene rings is 2. The molecule has 1 fully saturated rings. The van der Waals surface area contributed by atoms with Crippen molar-refractivity contribution in [2.24, 2.45) is 5.92 Å². The molecule has 5 nitrogen and oxygen atoms in total. The monoisotopic (exact) mass is 376 g/mol. The van der Waals surface area contributed by atoms with Crippen molar-refractivity contribution in [3.05, 3.63) is 59.4 Å². The van der Waals surface area contributed by atoms with E-state index in [-0.39, 0.29) is 22.3 Å². The lowest BCUT2D eigenvalue weighted by Crippen LogP contribution is -2.34. The Kier molecular flexibility index (Phi) is 5.11. The van der Waals surface area contributed by atoms with Crippen LogP contribution in [0.2, 0.25) is 0 Å². The minimum Gasteiger partial charge on any atom is -0.322 e. The first-order chi connectivity index (χ1) is 12.3. The van der Waals surface area contributed by atoms with E-state index in [0.29, 0.717) is 17.2 Å². The highest BCUT2D eigenvalue weighted by atomic mass is 32.2. The maximum atomic E-state index is 13.3. The largest absolute Gasteiger partial charge is 0.322 e. The normalized spacial score (nSPS) is 15.5. The molecule has 2 aromatic carbocycles. The molecule has 0 heterocycles. The number of rotatable bonds is 6. The Bertz CT molecular complexity index is 940. The highest BCUT2D eigenvalue weighted by molar-refractivity contribution is 7.89. The Balaban J connectivity index is 1.77. The molecule has 1 saturated carbocycles. The van der Waals surface area contributed by atoms with Crippen molar-refractivity contribution < 1.29 is 17.6 Å². The van der Waals surface area contributed by atoms with E-state index in [4.69, 9.17) is 0 Å². The second kappa shape index (κ2) is 7.17. The van der Waals surface area contributed by atoms with Crippen LogP contribution in [0.4, 0.5) is 10.1 Å². The number of hydrogen-bond acceptors (Lipinski definition) is 3. The summed E-state index contributed by atoms with van der Waals surface area (Å²) in [6.07, 6.45) is 2.06. The number of anilines is 1.